The molecule has 0 saturated carbocycles. The van der Waals surface area contributed by atoms with Crippen LogP contribution in [-0.2, 0) is 13.0 Å². The summed E-state index contributed by atoms with van der Waals surface area (Å²) < 4.78 is 2.34. The lowest BCUT2D eigenvalue weighted by atomic mass is 9.93. The Morgan fingerprint density at radius 3 is 2.84 bits per heavy atom. The van der Waals surface area contributed by atoms with Gasteiger partial charge in [-0.3, -0.25) is 4.79 Å². The van der Waals surface area contributed by atoms with Gasteiger partial charge in [-0.05, 0) is 64.2 Å². The predicted molar refractivity (Wildman–Crippen MR) is 76.5 cm³/mol. The molecule has 0 atom stereocenters. The van der Waals surface area contributed by atoms with E-state index in [4.69, 9.17) is 0 Å². The van der Waals surface area contributed by atoms with Crippen molar-refractivity contribution in [2.24, 2.45) is 5.92 Å². The van der Waals surface area contributed by atoms with Crippen molar-refractivity contribution in [3.63, 3.8) is 0 Å². The third kappa shape index (κ3) is 2.76. The normalized spacial score (nSPS) is 21.6. The molecule has 3 rings (SSSR count). The number of rotatable bonds is 3. The molecular weight excluding hydrogens is 236 g/mol. The number of hydrogen-bond acceptors (Lipinski definition) is 2. The Balaban J connectivity index is 1.60. The number of fused-ring (bicyclic) bond motifs is 1. The molecule has 1 aliphatic carbocycles. The maximum Gasteiger partial charge on any atom is 0.164 e. The van der Waals surface area contributed by atoms with E-state index in [9.17, 15) is 4.79 Å². The van der Waals surface area contributed by atoms with Crippen LogP contribution in [0.25, 0.3) is 0 Å². The smallest absolute Gasteiger partial charge is 0.164 e. The Morgan fingerprint density at radius 2 is 2.05 bits per heavy atom. The molecule has 2 aliphatic rings. The first kappa shape index (κ1) is 12.9. The van der Waals surface area contributed by atoms with E-state index in [1.54, 1.807) is 0 Å². The van der Waals surface area contributed by atoms with Gasteiger partial charge in [0.05, 0.1) is 0 Å². The van der Waals surface area contributed by atoms with Crippen molar-refractivity contribution in [2.75, 3.05) is 20.1 Å². The van der Waals surface area contributed by atoms with Gasteiger partial charge in [0.15, 0.2) is 5.78 Å². The number of ketones is 1. The molecule has 1 aliphatic heterocycles. The highest BCUT2D eigenvalue weighted by molar-refractivity contribution is 5.98. The second kappa shape index (κ2) is 5.49. The fourth-order valence-corrected chi connectivity index (χ4v) is 3.47. The number of aromatic nitrogens is 1. The lowest BCUT2D eigenvalue weighted by molar-refractivity contribution is 0.0971. The summed E-state index contributed by atoms with van der Waals surface area (Å²) in [5.74, 6) is 1.22. The molecule has 1 saturated heterocycles. The minimum atomic E-state index is 0.347. The molecule has 1 fully saturated rings. The van der Waals surface area contributed by atoms with Crippen molar-refractivity contribution in [3.8, 4) is 0 Å². The molecular formula is C16H24N2O. The third-order valence-corrected chi connectivity index (χ3v) is 4.81. The van der Waals surface area contributed by atoms with Crippen molar-refractivity contribution < 1.29 is 4.79 Å². The monoisotopic (exact) mass is 260 g/mol. The summed E-state index contributed by atoms with van der Waals surface area (Å²) in [6, 6.07) is 2.03. The summed E-state index contributed by atoms with van der Waals surface area (Å²) in [6.45, 7) is 3.58. The minimum absolute atomic E-state index is 0.347. The number of hydrogen-bond donors (Lipinski definition) is 0. The second-order valence-corrected chi connectivity index (χ2v) is 6.18. The van der Waals surface area contributed by atoms with E-state index >= 15 is 0 Å². The number of likely N-dealkylation sites (tertiary alicyclic amines) is 1. The van der Waals surface area contributed by atoms with Gasteiger partial charge >= 0.3 is 0 Å². The third-order valence-electron chi connectivity index (χ3n) is 4.81. The van der Waals surface area contributed by atoms with Gasteiger partial charge in [0.2, 0.25) is 0 Å². The molecule has 1 aromatic rings. The van der Waals surface area contributed by atoms with Crippen molar-refractivity contribution in [3.05, 3.63) is 23.5 Å². The number of carbonyl (C=O) groups excluding carboxylic acids is 1. The van der Waals surface area contributed by atoms with Gasteiger partial charge in [-0.1, -0.05) is 0 Å². The SMILES string of the molecule is CN1CCC(CCn2ccc3c2CCCC3=O)CC1. The van der Waals surface area contributed by atoms with Gasteiger partial charge in [-0.15, -0.1) is 0 Å². The van der Waals surface area contributed by atoms with Crippen LogP contribution in [-0.4, -0.2) is 35.4 Å². The van der Waals surface area contributed by atoms with Gasteiger partial charge in [0.25, 0.3) is 0 Å². The molecule has 3 nitrogen and oxygen atoms in total. The van der Waals surface area contributed by atoms with E-state index < -0.39 is 0 Å². The summed E-state index contributed by atoms with van der Waals surface area (Å²) in [5, 5.41) is 0. The van der Waals surface area contributed by atoms with Crippen molar-refractivity contribution in [2.45, 2.75) is 45.1 Å². The van der Waals surface area contributed by atoms with Crippen LogP contribution < -0.4 is 0 Å². The highest BCUT2D eigenvalue weighted by atomic mass is 16.1. The number of aryl methyl sites for hydroxylation is 1. The molecule has 0 bridgehead atoms. The average molecular weight is 260 g/mol. The number of Topliss-reactive ketones (excluding diaryl/α,β-unsaturated/α-hetero) is 1. The van der Waals surface area contributed by atoms with Gasteiger partial charge in [0, 0.05) is 30.4 Å². The average Bonchev–Trinajstić information content (AvgIpc) is 2.83. The molecule has 0 unspecified atom stereocenters. The predicted octanol–water partition coefficient (Wildman–Crippen LogP) is 2.74. The summed E-state index contributed by atoms with van der Waals surface area (Å²) in [4.78, 5) is 14.2. The van der Waals surface area contributed by atoms with Crippen molar-refractivity contribution in [1.82, 2.24) is 9.47 Å². The van der Waals surface area contributed by atoms with Gasteiger partial charge in [-0.2, -0.15) is 0 Å². The molecule has 0 N–H and O–H groups in total. The van der Waals surface area contributed by atoms with E-state index in [1.807, 2.05) is 6.07 Å². The molecule has 2 heterocycles. The summed E-state index contributed by atoms with van der Waals surface area (Å²) in [5.41, 5.74) is 2.29. The maximum atomic E-state index is 11.8. The van der Waals surface area contributed by atoms with Crippen LogP contribution >= 0.6 is 0 Å². The number of piperidine rings is 1. The van der Waals surface area contributed by atoms with Crippen molar-refractivity contribution >= 4 is 5.78 Å². The summed E-state index contributed by atoms with van der Waals surface area (Å²) in [6.07, 6.45) is 8.92. The summed E-state index contributed by atoms with van der Waals surface area (Å²) in [7, 11) is 2.21. The minimum Gasteiger partial charge on any atom is -0.351 e. The van der Waals surface area contributed by atoms with E-state index in [0.29, 0.717) is 5.78 Å². The van der Waals surface area contributed by atoms with Crippen molar-refractivity contribution in [1.29, 1.82) is 0 Å². The van der Waals surface area contributed by atoms with E-state index in [-0.39, 0.29) is 0 Å². The van der Waals surface area contributed by atoms with E-state index in [0.717, 1.165) is 37.3 Å². The molecule has 0 spiro atoms. The summed E-state index contributed by atoms with van der Waals surface area (Å²) >= 11 is 0. The first-order valence-electron chi connectivity index (χ1n) is 7.64. The molecule has 0 aromatic carbocycles. The fraction of sp³-hybridized carbons (Fsp3) is 0.688. The zero-order valence-corrected chi connectivity index (χ0v) is 11.9. The van der Waals surface area contributed by atoms with Crippen LogP contribution in [0.5, 0.6) is 0 Å². The van der Waals surface area contributed by atoms with Gasteiger partial charge in [-0.25, -0.2) is 0 Å². The van der Waals surface area contributed by atoms with Crippen LogP contribution in [0.2, 0.25) is 0 Å². The zero-order valence-electron chi connectivity index (χ0n) is 11.9. The Labute approximate surface area is 115 Å². The van der Waals surface area contributed by atoms with Crippen LogP contribution in [0.15, 0.2) is 12.3 Å². The fourth-order valence-electron chi connectivity index (χ4n) is 3.47. The molecule has 1 aromatic heterocycles. The van der Waals surface area contributed by atoms with E-state index in [2.05, 4.69) is 22.7 Å². The Hall–Kier alpha value is -1.09. The first-order chi connectivity index (χ1) is 9.24. The molecule has 104 valence electrons. The zero-order chi connectivity index (χ0) is 13.2. The second-order valence-electron chi connectivity index (χ2n) is 6.18. The molecule has 19 heavy (non-hydrogen) atoms. The molecule has 0 amide bonds. The highest BCUT2D eigenvalue weighted by Gasteiger charge is 2.21. The lowest BCUT2D eigenvalue weighted by Crippen LogP contribution is -2.30. The van der Waals surface area contributed by atoms with Gasteiger partial charge in [0.1, 0.15) is 0 Å². The molecule has 3 heteroatoms. The van der Waals surface area contributed by atoms with Crippen LogP contribution in [0.4, 0.5) is 0 Å². The topological polar surface area (TPSA) is 25.2 Å². The van der Waals surface area contributed by atoms with Crippen LogP contribution in [0, 0.1) is 5.92 Å². The Kier molecular flexibility index (Phi) is 3.74. The number of nitrogens with zero attached hydrogens (tertiary/aromatic N) is 2. The Morgan fingerprint density at radius 1 is 1.26 bits per heavy atom. The van der Waals surface area contributed by atoms with Gasteiger partial charge < -0.3 is 9.47 Å². The quantitative estimate of drug-likeness (QED) is 0.835. The van der Waals surface area contributed by atoms with E-state index in [1.165, 1.54) is 38.0 Å². The maximum absolute atomic E-state index is 11.8. The largest absolute Gasteiger partial charge is 0.351 e. The first-order valence-corrected chi connectivity index (χ1v) is 7.64. The molecule has 0 radical (unpaired) electrons. The Bertz CT molecular complexity index is 455. The van der Waals surface area contributed by atoms with Crippen LogP contribution in [0.3, 0.4) is 0 Å². The van der Waals surface area contributed by atoms with Crippen LogP contribution in [0.1, 0.15) is 48.2 Å². The standard InChI is InChI=1S/C16H24N2O/c1-17-9-5-13(6-10-17)7-11-18-12-8-14-15(18)3-2-4-16(14)19/h8,12-13H,2-7,9-11H2,1H3. The number of carbonyl (C=O) groups is 1. The highest BCUT2D eigenvalue weighted by Crippen LogP contribution is 2.25. The lowest BCUT2D eigenvalue weighted by Gasteiger charge is -2.29.